The van der Waals surface area contributed by atoms with Crippen molar-refractivity contribution in [3.63, 3.8) is 0 Å². The second-order valence-corrected chi connectivity index (χ2v) is 11.6. The second kappa shape index (κ2) is 10.4. The molecule has 1 fully saturated rings. The number of piperidine rings is 1. The van der Waals surface area contributed by atoms with Crippen LogP contribution in [0.15, 0.2) is 58.5 Å². The number of hydrogen-bond acceptors (Lipinski definition) is 10. The summed E-state index contributed by atoms with van der Waals surface area (Å²) in [4.78, 5) is 20.4. The number of H-pyrrole nitrogens is 1. The largest absolute Gasteiger partial charge is 0.494 e. The minimum atomic E-state index is -3.80. The van der Waals surface area contributed by atoms with Crippen molar-refractivity contribution >= 4 is 32.8 Å². The Morgan fingerprint density at radius 1 is 1.12 bits per heavy atom. The quantitative estimate of drug-likeness (QED) is 0.299. The molecule has 0 radical (unpaired) electrons. The summed E-state index contributed by atoms with van der Waals surface area (Å²) in [5.74, 6) is 0.647. The highest BCUT2D eigenvalue weighted by Gasteiger charge is 2.32. The fraction of sp³-hybridized carbons (Fsp3) is 0.292. The van der Waals surface area contributed by atoms with Gasteiger partial charge in [0.25, 0.3) is 5.56 Å². The highest BCUT2D eigenvalue weighted by molar-refractivity contribution is 7.89. The van der Waals surface area contributed by atoms with Gasteiger partial charge in [0.15, 0.2) is 11.2 Å². The third kappa shape index (κ3) is 4.71. The first-order chi connectivity index (χ1) is 19.3. The van der Waals surface area contributed by atoms with E-state index in [2.05, 4.69) is 35.8 Å². The molecule has 1 N–H and O–H groups in total. The number of sulfonamides is 1. The maximum Gasteiger partial charge on any atom is 0.281 e. The van der Waals surface area contributed by atoms with Crippen molar-refractivity contribution in [1.29, 1.82) is 0 Å². The molecule has 16 heteroatoms. The van der Waals surface area contributed by atoms with Crippen LogP contribution in [0.5, 0.6) is 5.75 Å². The van der Waals surface area contributed by atoms with Crippen LogP contribution in [0, 0.1) is 0 Å². The molecule has 1 aliphatic heterocycles. The van der Waals surface area contributed by atoms with Gasteiger partial charge >= 0.3 is 0 Å². The summed E-state index contributed by atoms with van der Waals surface area (Å²) in [6, 6.07) is 11.9. The molecule has 0 atom stereocenters. The molecule has 0 spiro atoms. The molecule has 4 heterocycles. The zero-order valence-corrected chi connectivity index (χ0v) is 22.7. The second-order valence-electron chi connectivity index (χ2n) is 9.23. The fourth-order valence-electron chi connectivity index (χ4n) is 4.77. The smallest absolute Gasteiger partial charge is 0.281 e. The number of fused-ring (bicyclic) bond motifs is 1. The van der Waals surface area contributed by atoms with E-state index in [-0.39, 0.29) is 29.4 Å². The molecule has 0 unspecified atom stereocenters. The lowest BCUT2D eigenvalue weighted by Crippen LogP contribution is -2.38. The highest BCUT2D eigenvalue weighted by Crippen LogP contribution is 2.32. The average molecular weight is 583 g/mol. The SMILES string of the molecule is COc1cc(S(=O)(=O)N2CCC(c3nc4c(nnn4Cc4ccccc4Cl)c(=O)[nH]3)CC2)ccc1-n1cnnn1. The average Bonchev–Trinajstić information content (AvgIpc) is 3.65. The normalized spacial score (nSPS) is 15.1. The summed E-state index contributed by atoms with van der Waals surface area (Å²) in [7, 11) is -2.35. The van der Waals surface area contributed by atoms with Crippen LogP contribution in [0.3, 0.4) is 0 Å². The van der Waals surface area contributed by atoms with Crippen molar-refractivity contribution in [2.24, 2.45) is 0 Å². The van der Waals surface area contributed by atoms with Crippen molar-refractivity contribution in [2.45, 2.75) is 30.2 Å². The molecular weight excluding hydrogens is 560 g/mol. The number of ether oxygens (including phenoxy) is 1. The first kappa shape index (κ1) is 26.0. The molecule has 0 aliphatic carbocycles. The summed E-state index contributed by atoms with van der Waals surface area (Å²) >= 11 is 6.30. The minimum absolute atomic E-state index is 0.0992. The number of nitrogens with zero attached hydrogens (tertiary/aromatic N) is 9. The number of tetrazole rings is 1. The molecule has 6 rings (SSSR count). The molecule has 0 bridgehead atoms. The summed E-state index contributed by atoms with van der Waals surface area (Å²) in [6.07, 6.45) is 2.34. The van der Waals surface area contributed by atoms with Crippen LogP contribution in [0.2, 0.25) is 5.02 Å². The monoisotopic (exact) mass is 582 g/mol. The zero-order chi connectivity index (χ0) is 27.9. The standard InChI is InChI=1S/C24H23ClN10O4S/c1-39-20-12-17(6-7-19(20)35-14-26-30-32-35)40(37,38)33-10-8-15(9-11-33)22-27-23-21(24(36)28-22)29-31-34(23)13-16-4-2-3-5-18(16)25/h2-7,12,14-15H,8-11,13H2,1H3,(H,27,28,36). The van der Waals surface area contributed by atoms with E-state index in [0.29, 0.717) is 47.3 Å². The molecular formula is C24H23ClN10O4S. The summed E-state index contributed by atoms with van der Waals surface area (Å²) in [6.45, 7) is 0.810. The van der Waals surface area contributed by atoms with Crippen molar-refractivity contribution in [3.05, 3.63) is 75.6 Å². The third-order valence-corrected chi connectivity index (χ3v) is 9.16. The van der Waals surface area contributed by atoms with E-state index >= 15 is 0 Å². The number of rotatable bonds is 7. The van der Waals surface area contributed by atoms with Crippen molar-refractivity contribution < 1.29 is 13.2 Å². The van der Waals surface area contributed by atoms with Crippen LogP contribution >= 0.6 is 11.6 Å². The Labute approximate surface area is 232 Å². The van der Waals surface area contributed by atoms with Crippen LogP contribution in [-0.4, -0.2) is 78.1 Å². The van der Waals surface area contributed by atoms with Crippen molar-refractivity contribution in [3.8, 4) is 11.4 Å². The van der Waals surface area contributed by atoms with E-state index in [1.165, 1.54) is 34.6 Å². The van der Waals surface area contributed by atoms with Crippen molar-refractivity contribution in [1.82, 2.24) is 49.5 Å². The number of aromatic amines is 1. The van der Waals surface area contributed by atoms with Gasteiger partial charge in [-0.25, -0.2) is 18.1 Å². The Morgan fingerprint density at radius 2 is 1.93 bits per heavy atom. The van der Waals surface area contributed by atoms with E-state index in [1.54, 1.807) is 16.8 Å². The minimum Gasteiger partial charge on any atom is -0.494 e. The molecule has 3 aromatic heterocycles. The highest BCUT2D eigenvalue weighted by atomic mass is 35.5. The first-order valence-electron chi connectivity index (χ1n) is 12.3. The topological polar surface area (TPSA) is 167 Å². The zero-order valence-electron chi connectivity index (χ0n) is 21.2. The third-order valence-electron chi connectivity index (χ3n) is 6.90. The lowest BCUT2D eigenvalue weighted by atomic mass is 9.97. The van der Waals surface area contributed by atoms with Gasteiger partial charge in [-0.05, 0) is 47.0 Å². The maximum absolute atomic E-state index is 13.5. The van der Waals surface area contributed by atoms with E-state index in [9.17, 15) is 13.2 Å². The lowest BCUT2D eigenvalue weighted by molar-refractivity contribution is 0.313. The van der Waals surface area contributed by atoms with E-state index in [4.69, 9.17) is 16.3 Å². The Hall–Kier alpha value is -4.21. The summed E-state index contributed by atoms with van der Waals surface area (Å²) < 4.78 is 36.7. The van der Waals surface area contributed by atoms with E-state index < -0.39 is 15.6 Å². The van der Waals surface area contributed by atoms with Gasteiger partial charge in [-0.1, -0.05) is 35.0 Å². The Kier molecular flexibility index (Phi) is 6.77. The number of hydrogen-bond donors (Lipinski definition) is 1. The van der Waals surface area contributed by atoms with Crippen LogP contribution in [-0.2, 0) is 16.6 Å². The first-order valence-corrected chi connectivity index (χ1v) is 14.2. The molecule has 206 valence electrons. The maximum atomic E-state index is 13.5. The molecule has 14 nitrogen and oxygen atoms in total. The number of aromatic nitrogens is 9. The molecule has 0 saturated carbocycles. The summed E-state index contributed by atoms with van der Waals surface area (Å²) in [5, 5.41) is 19.7. The van der Waals surface area contributed by atoms with Crippen LogP contribution in [0.25, 0.3) is 16.9 Å². The van der Waals surface area contributed by atoms with Gasteiger partial charge in [0.2, 0.25) is 10.0 Å². The molecule has 2 aromatic carbocycles. The van der Waals surface area contributed by atoms with Gasteiger partial charge in [-0.2, -0.15) is 8.99 Å². The predicted octanol–water partition coefficient (Wildman–Crippen LogP) is 1.77. The molecule has 1 saturated heterocycles. The van der Waals surface area contributed by atoms with Crippen LogP contribution in [0.4, 0.5) is 0 Å². The van der Waals surface area contributed by atoms with Gasteiger partial charge in [-0.15, -0.1) is 10.2 Å². The molecule has 40 heavy (non-hydrogen) atoms. The summed E-state index contributed by atoms with van der Waals surface area (Å²) in [5.41, 5.74) is 1.42. The number of halogens is 1. The predicted molar refractivity (Wildman–Crippen MR) is 143 cm³/mol. The van der Waals surface area contributed by atoms with Gasteiger partial charge in [0, 0.05) is 30.1 Å². The van der Waals surface area contributed by atoms with Gasteiger partial charge in [0.1, 0.15) is 23.6 Å². The van der Waals surface area contributed by atoms with E-state index in [0.717, 1.165) is 5.56 Å². The van der Waals surface area contributed by atoms with Crippen molar-refractivity contribution in [2.75, 3.05) is 20.2 Å². The number of nitrogens with one attached hydrogen (secondary N) is 1. The molecule has 1 aliphatic rings. The Bertz CT molecular complexity index is 1850. The Morgan fingerprint density at radius 3 is 2.65 bits per heavy atom. The number of benzene rings is 2. The van der Waals surface area contributed by atoms with Gasteiger partial charge < -0.3 is 9.72 Å². The Balaban J connectivity index is 1.21. The molecule has 0 amide bonds. The van der Waals surface area contributed by atoms with Crippen LogP contribution < -0.4 is 10.3 Å². The van der Waals surface area contributed by atoms with Gasteiger partial charge in [0.05, 0.1) is 18.6 Å². The number of methoxy groups -OCH3 is 1. The molecule has 5 aromatic rings. The lowest BCUT2D eigenvalue weighted by Gasteiger charge is -2.30. The van der Waals surface area contributed by atoms with Gasteiger partial charge in [-0.3, -0.25) is 4.79 Å². The fourth-order valence-corrected chi connectivity index (χ4v) is 6.45. The van der Waals surface area contributed by atoms with E-state index in [1.807, 2.05) is 18.2 Å². The van der Waals surface area contributed by atoms with Crippen LogP contribution in [0.1, 0.15) is 30.1 Å².